The second-order valence-corrected chi connectivity index (χ2v) is 2.09. The van der Waals surface area contributed by atoms with Gasteiger partial charge >= 0.3 is 0 Å². The van der Waals surface area contributed by atoms with Crippen molar-refractivity contribution in [2.24, 2.45) is 11.7 Å². The first-order valence-corrected chi connectivity index (χ1v) is 3.00. The molecule has 0 aliphatic heterocycles. The van der Waals surface area contributed by atoms with Gasteiger partial charge in [0.05, 0.1) is 0 Å². The van der Waals surface area contributed by atoms with Gasteiger partial charge in [0.2, 0.25) is 0 Å². The summed E-state index contributed by atoms with van der Waals surface area (Å²) in [6.45, 7) is 4.18. The van der Waals surface area contributed by atoms with Crippen LogP contribution in [0.3, 0.4) is 0 Å². The van der Waals surface area contributed by atoms with E-state index in [4.69, 9.17) is 10.5 Å². The highest BCUT2D eigenvalue weighted by Crippen LogP contribution is 2.04. The van der Waals surface area contributed by atoms with Crippen LogP contribution in [0.15, 0.2) is 0 Å². The minimum Gasteiger partial charge on any atom is -0.367 e. The molecule has 2 nitrogen and oxygen atoms in total. The van der Waals surface area contributed by atoms with Gasteiger partial charge in [-0.05, 0) is 12.3 Å². The van der Waals surface area contributed by atoms with Crippen molar-refractivity contribution >= 4 is 0 Å². The lowest BCUT2D eigenvalue weighted by Crippen LogP contribution is -2.29. The van der Waals surface area contributed by atoms with Gasteiger partial charge < -0.3 is 10.5 Å². The SMILES string of the molecule is CCC(C)[C@@H](N)OC. The van der Waals surface area contributed by atoms with Crippen molar-refractivity contribution in [1.29, 1.82) is 0 Å². The molecule has 0 rings (SSSR count). The lowest BCUT2D eigenvalue weighted by Gasteiger charge is -2.15. The molecular weight excluding hydrogens is 102 g/mol. The van der Waals surface area contributed by atoms with Crippen molar-refractivity contribution in [3.63, 3.8) is 0 Å². The van der Waals surface area contributed by atoms with Gasteiger partial charge in [-0.25, -0.2) is 0 Å². The zero-order valence-electron chi connectivity index (χ0n) is 5.85. The fraction of sp³-hybridized carbons (Fsp3) is 1.00. The first-order chi connectivity index (χ1) is 3.72. The monoisotopic (exact) mass is 117 g/mol. The second kappa shape index (κ2) is 3.87. The first-order valence-electron chi connectivity index (χ1n) is 3.00. The molecule has 2 N–H and O–H groups in total. The molecule has 0 aromatic rings. The predicted octanol–water partition coefficient (Wildman–Crippen LogP) is 0.964. The Morgan fingerprint density at radius 1 is 1.62 bits per heavy atom. The lowest BCUT2D eigenvalue weighted by atomic mass is 10.1. The van der Waals surface area contributed by atoms with Gasteiger partial charge in [0, 0.05) is 7.11 Å². The Bertz CT molecular complexity index is 48.5. The van der Waals surface area contributed by atoms with Crippen molar-refractivity contribution in [3.8, 4) is 0 Å². The van der Waals surface area contributed by atoms with Crippen LogP contribution in [0.5, 0.6) is 0 Å². The Morgan fingerprint density at radius 2 is 2.12 bits per heavy atom. The Balaban J connectivity index is 3.29. The molecule has 2 heteroatoms. The Hall–Kier alpha value is -0.0800. The van der Waals surface area contributed by atoms with Gasteiger partial charge in [-0.1, -0.05) is 13.8 Å². The summed E-state index contributed by atoms with van der Waals surface area (Å²) in [5.74, 6) is 0.472. The maximum atomic E-state index is 5.50. The van der Waals surface area contributed by atoms with E-state index in [2.05, 4.69) is 13.8 Å². The number of hydrogen-bond donors (Lipinski definition) is 1. The molecule has 0 radical (unpaired) electrons. The van der Waals surface area contributed by atoms with E-state index in [0.717, 1.165) is 6.42 Å². The summed E-state index contributed by atoms with van der Waals surface area (Å²) in [7, 11) is 1.64. The summed E-state index contributed by atoms with van der Waals surface area (Å²) in [5, 5.41) is 0. The van der Waals surface area contributed by atoms with Gasteiger partial charge in [-0.3, -0.25) is 0 Å². The van der Waals surface area contributed by atoms with Gasteiger partial charge in [0.1, 0.15) is 6.23 Å². The average molecular weight is 117 g/mol. The Labute approximate surface area is 51.0 Å². The van der Waals surface area contributed by atoms with Gasteiger partial charge in [0.15, 0.2) is 0 Å². The Morgan fingerprint density at radius 3 is 2.25 bits per heavy atom. The summed E-state index contributed by atoms with van der Waals surface area (Å²) < 4.78 is 4.88. The molecule has 1 unspecified atom stereocenters. The highest BCUT2D eigenvalue weighted by Gasteiger charge is 2.07. The van der Waals surface area contributed by atoms with Crippen LogP contribution in [-0.4, -0.2) is 13.3 Å². The fourth-order valence-electron chi connectivity index (χ4n) is 0.465. The highest BCUT2D eigenvalue weighted by atomic mass is 16.5. The number of hydrogen-bond acceptors (Lipinski definition) is 2. The normalized spacial score (nSPS) is 18.0. The quantitative estimate of drug-likeness (QED) is 0.559. The summed E-state index contributed by atoms with van der Waals surface area (Å²) in [6, 6.07) is 0. The van der Waals surface area contributed by atoms with E-state index >= 15 is 0 Å². The molecule has 50 valence electrons. The molecule has 0 fully saturated rings. The minimum absolute atomic E-state index is 0.0833. The zero-order valence-corrected chi connectivity index (χ0v) is 5.85. The lowest BCUT2D eigenvalue weighted by molar-refractivity contribution is 0.0625. The van der Waals surface area contributed by atoms with Gasteiger partial charge in [-0.15, -0.1) is 0 Å². The van der Waals surface area contributed by atoms with Crippen molar-refractivity contribution in [2.45, 2.75) is 26.5 Å². The summed E-state index contributed by atoms with van der Waals surface area (Å²) in [6.07, 6.45) is 0.995. The number of rotatable bonds is 3. The third-order valence-corrected chi connectivity index (χ3v) is 1.48. The van der Waals surface area contributed by atoms with Crippen molar-refractivity contribution < 1.29 is 4.74 Å². The van der Waals surface area contributed by atoms with Crippen molar-refractivity contribution in [3.05, 3.63) is 0 Å². The molecule has 0 bridgehead atoms. The van der Waals surface area contributed by atoms with E-state index < -0.39 is 0 Å². The van der Waals surface area contributed by atoms with Crippen LogP contribution in [0.25, 0.3) is 0 Å². The molecule has 2 atom stereocenters. The molecule has 0 aliphatic rings. The molecule has 0 amide bonds. The summed E-state index contributed by atoms with van der Waals surface area (Å²) in [4.78, 5) is 0. The first kappa shape index (κ1) is 7.92. The number of ether oxygens (including phenoxy) is 1. The van der Waals surface area contributed by atoms with E-state index in [-0.39, 0.29) is 6.23 Å². The second-order valence-electron chi connectivity index (χ2n) is 2.09. The van der Waals surface area contributed by atoms with Crippen LogP contribution in [-0.2, 0) is 4.74 Å². The van der Waals surface area contributed by atoms with Crippen LogP contribution in [0, 0.1) is 5.92 Å². The predicted molar refractivity (Wildman–Crippen MR) is 34.4 cm³/mol. The smallest absolute Gasteiger partial charge is 0.107 e. The van der Waals surface area contributed by atoms with E-state index in [1.807, 2.05) is 0 Å². The highest BCUT2D eigenvalue weighted by molar-refractivity contribution is 4.55. The largest absolute Gasteiger partial charge is 0.367 e. The third-order valence-electron chi connectivity index (χ3n) is 1.48. The average Bonchev–Trinajstić information content (AvgIpc) is 1.84. The minimum atomic E-state index is -0.0833. The molecule has 0 aromatic carbocycles. The summed E-state index contributed by atoms with van der Waals surface area (Å²) >= 11 is 0. The van der Waals surface area contributed by atoms with Crippen LogP contribution < -0.4 is 5.73 Å². The van der Waals surface area contributed by atoms with E-state index in [1.54, 1.807) is 7.11 Å². The summed E-state index contributed by atoms with van der Waals surface area (Å²) in [5.41, 5.74) is 5.50. The van der Waals surface area contributed by atoms with E-state index in [9.17, 15) is 0 Å². The van der Waals surface area contributed by atoms with Crippen molar-refractivity contribution in [2.75, 3.05) is 7.11 Å². The maximum Gasteiger partial charge on any atom is 0.107 e. The molecule has 0 heterocycles. The topological polar surface area (TPSA) is 35.2 Å². The van der Waals surface area contributed by atoms with E-state index in [1.165, 1.54) is 0 Å². The molecule has 0 aliphatic carbocycles. The molecular formula is C6H15NO. The number of nitrogens with two attached hydrogens (primary N) is 1. The molecule has 0 spiro atoms. The molecule has 0 aromatic heterocycles. The van der Waals surface area contributed by atoms with Crippen molar-refractivity contribution in [1.82, 2.24) is 0 Å². The van der Waals surface area contributed by atoms with Crippen LogP contribution in [0.2, 0.25) is 0 Å². The maximum absolute atomic E-state index is 5.50. The van der Waals surface area contributed by atoms with Crippen LogP contribution in [0.1, 0.15) is 20.3 Å². The standard InChI is InChI=1S/C6H15NO/c1-4-5(2)6(7)8-3/h5-6H,4,7H2,1-3H3/t5?,6-/m0/s1. The van der Waals surface area contributed by atoms with Gasteiger partial charge in [0.25, 0.3) is 0 Å². The molecule has 8 heavy (non-hydrogen) atoms. The van der Waals surface area contributed by atoms with E-state index in [0.29, 0.717) is 5.92 Å². The van der Waals surface area contributed by atoms with Gasteiger partial charge in [-0.2, -0.15) is 0 Å². The van der Waals surface area contributed by atoms with Crippen LogP contribution in [0.4, 0.5) is 0 Å². The third kappa shape index (κ3) is 2.28. The number of methoxy groups -OCH3 is 1. The zero-order chi connectivity index (χ0) is 6.57. The van der Waals surface area contributed by atoms with Crippen LogP contribution >= 0.6 is 0 Å². The Kier molecular flexibility index (Phi) is 3.83. The molecule has 0 saturated carbocycles. The molecule has 0 saturated heterocycles. The fourth-order valence-corrected chi connectivity index (χ4v) is 0.465.